The number of hydrogen-bond donors (Lipinski definition) is 1. The predicted molar refractivity (Wildman–Crippen MR) is 66.6 cm³/mol. The standard InChI is InChI=1S/C13H26N2O/c1-12(2)15-9-5-13(16,6-10-15)11-14-7-3-4-8-14/h12,16H,3-11H2,1-2H3. The number of aliphatic hydroxyl groups is 1. The van der Waals surface area contributed by atoms with Crippen molar-refractivity contribution in [2.75, 3.05) is 32.7 Å². The van der Waals surface area contributed by atoms with Crippen LogP contribution >= 0.6 is 0 Å². The molecule has 0 spiro atoms. The first-order chi connectivity index (χ1) is 7.59. The molecule has 2 aliphatic rings. The molecule has 0 aliphatic carbocycles. The van der Waals surface area contributed by atoms with Crippen LogP contribution in [-0.2, 0) is 0 Å². The van der Waals surface area contributed by atoms with Crippen molar-refractivity contribution in [3.8, 4) is 0 Å². The van der Waals surface area contributed by atoms with Gasteiger partial charge in [0.25, 0.3) is 0 Å². The second-order valence-electron chi connectivity index (χ2n) is 5.84. The topological polar surface area (TPSA) is 26.7 Å². The lowest BCUT2D eigenvalue weighted by molar-refractivity contribution is -0.0467. The van der Waals surface area contributed by atoms with Crippen LogP contribution in [0.15, 0.2) is 0 Å². The highest BCUT2D eigenvalue weighted by Crippen LogP contribution is 2.25. The SMILES string of the molecule is CC(C)N1CCC(O)(CN2CCCC2)CC1. The average Bonchev–Trinajstić information content (AvgIpc) is 2.70. The minimum absolute atomic E-state index is 0.407. The van der Waals surface area contributed by atoms with Crippen LogP contribution in [0.1, 0.15) is 39.5 Å². The number of likely N-dealkylation sites (tertiary alicyclic amines) is 2. The number of rotatable bonds is 3. The van der Waals surface area contributed by atoms with E-state index in [-0.39, 0.29) is 0 Å². The van der Waals surface area contributed by atoms with Crippen molar-refractivity contribution >= 4 is 0 Å². The fourth-order valence-corrected chi connectivity index (χ4v) is 2.97. The summed E-state index contributed by atoms with van der Waals surface area (Å²) in [7, 11) is 0. The van der Waals surface area contributed by atoms with Crippen LogP contribution in [0.5, 0.6) is 0 Å². The van der Waals surface area contributed by atoms with Gasteiger partial charge in [-0.1, -0.05) is 0 Å². The first-order valence-corrected chi connectivity index (χ1v) is 6.78. The van der Waals surface area contributed by atoms with Gasteiger partial charge in [0.05, 0.1) is 5.60 Å². The van der Waals surface area contributed by atoms with Crippen LogP contribution in [0.4, 0.5) is 0 Å². The maximum atomic E-state index is 10.6. The average molecular weight is 226 g/mol. The summed E-state index contributed by atoms with van der Waals surface area (Å²) in [5, 5.41) is 10.6. The minimum Gasteiger partial charge on any atom is -0.388 e. The van der Waals surface area contributed by atoms with E-state index in [2.05, 4.69) is 23.6 Å². The highest BCUT2D eigenvalue weighted by atomic mass is 16.3. The first-order valence-electron chi connectivity index (χ1n) is 6.78. The molecule has 2 heterocycles. The lowest BCUT2D eigenvalue weighted by Gasteiger charge is -2.41. The van der Waals surface area contributed by atoms with Crippen molar-refractivity contribution in [2.24, 2.45) is 0 Å². The Bertz CT molecular complexity index is 216. The zero-order valence-corrected chi connectivity index (χ0v) is 10.8. The number of hydrogen-bond acceptors (Lipinski definition) is 3. The number of piperidine rings is 1. The molecule has 2 fully saturated rings. The summed E-state index contributed by atoms with van der Waals surface area (Å²) in [6.45, 7) is 9.88. The Morgan fingerprint density at radius 2 is 1.62 bits per heavy atom. The molecule has 2 rings (SSSR count). The zero-order valence-electron chi connectivity index (χ0n) is 10.8. The fourth-order valence-electron chi connectivity index (χ4n) is 2.97. The van der Waals surface area contributed by atoms with Crippen molar-refractivity contribution in [3.63, 3.8) is 0 Å². The Morgan fingerprint density at radius 1 is 1.06 bits per heavy atom. The normalized spacial score (nSPS) is 27.8. The molecule has 94 valence electrons. The van der Waals surface area contributed by atoms with Crippen molar-refractivity contribution in [1.82, 2.24) is 9.80 Å². The Hall–Kier alpha value is -0.120. The monoisotopic (exact) mass is 226 g/mol. The van der Waals surface area contributed by atoms with Gasteiger partial charge in [0.1, 0.15) is 0 Å². The van der Waals surface area contributed by atoms with Gasteiger partial charge in [-0.25, -0.2) is 0 Å². The van der Waals surface area contributed by atoms with Crippen LogP contribution in [0.2, 0.25) is 0 Å². The lowest BCUT2D eigenvalue weighted by atomic mass is 9.90. The third kappa shape index (κ3) is 2.96. The third-order valence-electron chi connectivity index (χ3n) is 4.18. The van der Waals surface area contributed by atoms with Gasteiger partial charge in [0.2, 0.25) is 0 Å². The summed E-state index contributed by atoms with van der Waals surface area (Å²) in [6.07, 6.45) is 4.52. The molecule has 0 unspecified atom stereocenters. The molecule has 3 heteroatoms. The Kier molecular flexibility index (Phi) is 3.88. The van der Waals surface area contributed by atoms with Crippen LogP contribution in [-0.4, -0.2) is 59.3 Å². The second-order valence-corrected chi connectivity index (χ2v) is 5.84. The summed E-state index contributed by atoms with van der Waals surface area (Å²) in [4.78, 5) is 4.91. The Balaban J connectivity index is 1.81. The van der Waals surface area contributed by atoms with E-state index in [9.17, 15) is 5.11 Å². The van der Waals surface area contributed by atoms with Crippen molar-refractivity contribution in [1.29, 1.82) is 0 Å². The highest BCUT2D eigenvalue weighted by molar-refractivity contribution is 4.90. The van der Waals surface area contributed by atoms with Gasteiger partial charge in [-0.05, 0) is 52.6 Å². The summed E-state index contributed by atoms with van der Waals surface area (Å²) < 4.78 is 0. The predicted octanol–water partition coefficient (Wildman–Crippen LogP) is 1.32. The molecule has 0 aromatic heterocycles. The molecule has 1 N–H and O–H groups in total. The van der Waals surface area contributed by atoms with Crippen LogP contribution in [0.25, 0.3) is 0 Å². The molecular formula is C13H26N2O. The van der Waals surface area contributed by atoms with Gasteiger partial charge in [0.15, 0.2) is 0 Å². The maximum Gasteiger partial charge on any atom is 0.0798 e. The van der Waals surface area contributed by atoms with E-state index in [1.54, 1.807) is 0 Å². The zero-order chi connectivity index (χ0) is 11.6. The number of nitrogens with zero attached hydrogens (tertiary/aromatic N) is 2. The molecule has 16 heavy (non-hydrogen) atoms. The van der Waals surface area contributed by atoms with Crippen LogP contribution < -0.4 is 0 Å². The molecule has 0 bridgehead atoms. The van der Waals surface area contributed by atoms with Crippen molar-refractivity contribution in [3.05, 3.63) is 0 Å². The van der Waals surface area contributed by atoms with Gasteiger partial charge in [-0.3, -0.25) is 0 Å². The fraction of sp³-hybridized carbons (Fsp3) is 1.00. The van der Waals surface area contributed by atoms with Crippen LogP contribution in [0, 0.1) is 0 Å². The minimum atomic E-state index is -0.407. The van der Waals surface area contributed by atoms with Gasteiger partial charge < -0.3 is 14.9 Å². The van der Waals surface area contributed by atoms with E-state index < -0.39 is 5.60 Å². The summed E-state index contributed by atoms with van der Waals surface area (Å²) in [6, 6.07) is 0.622. The van der Waals surface area contributed by atoms with E-state index in [0.717, 1.165) is 32.5 Å². The maximum absolute atomic E-state index is 10.6. The molecular weight excluding hydrogens is 200 g/mol. The Morgan fingerprint density at radius 3 is 2.12 bits per heavy atom. The van der Waals surface area contributed by atoms with E-state index >= 15 is 0 Å². The molecule has 3 nitrogen and oxygen atoms in total. The van der Waals surface area contributed by atoms with Gasteiger partial charge >= 0.3 is 0 Å². The van der Waals surface area contributed by atoms with E-state index in [1.165, 1.54) is 25.9 Å². The Labute approximate surface area is 99.4 Å². The first kappa shape index (κ1) is 12.3. The van der Waals surface area contributed by atoms with E-state index in [1.807, 2.05) is 0 Å². The molecule has 2 saturated heterocycles. The van der Waals surface area contributed by atoms with E-state index in [0.29, 0.717) is 6.04 Å². The molecule has 0 saturated carbocycles. The van der Waals surface area contributed by atoms with E-state index in [4.69, 9.17) is 0 Å². The lowest BCUT2D eigenvalue weighted by Crippen LogP contribution is -2.51. The van der Waals surface area contributed by atoms with Gasteiger partial charge in [-0.15, -0.1) is 0 Å². The molecule has 0 aromatic carbocycles. The summed E-state index contributed by atoms with van der Waals surface area (Å²) in [5.74, 6) is 0. The van der Waals surface area contributed by atoms with Crippen molar-refractivity contribution < 1.29 is 5.11 Å². The molecule has 0 amide bonds. The highest BCUT2D eigenvalue weighted by Gasteiger charge is 2.34. The molecule has 2 aliphatic heterocycles. The van der Waals surface area contributed by atoms with Gasteiger partial charge in [0, 0.05) is 25.7 Å². The smallest absolute Gasteiger partial charge is 0.0798 e. The second kappa shape index (κ2) is 5.03. The molecule has 0 aromatic rings. The summed E-state index contributed by atoms with van der Waals surface area (Å²) in [5.41, 5.74) is -0.407. The quantitative estimate of drug-likeness (QED) is 0.786. The number of β-amino-alcohol motifs (C(OH)–C–C–N with tert-alkyl or cyclic N) is 1. The molecule has 0 radical (unpaired) electrons. The van der Waals surface area contributed by atoms with Gasteiger partial charge in [-0.2, -0.15) is 0 Å². The van der Waals surface area contributed by atoms with Crippen LogP contribution in [0.3, 0.4) is 0 Å². The molecule has 0 atom stereocenters. The largest absolute Gasteiger partial charge is 0.388 e. The third-order valence-corrected chi connectivity index (χ3v) is 4.18. The summed E-state index contributed by atoms with van der Waals surface area (Å²) >= 11 is 0. The van der Waals surface area contributed by atoms with Crippen molar-refractivity contribution in [2.45, 2.75) is 51.2 Å².